The molecule has 1 N–H and O–H groups in total. The van der Waals surface area contributed by atoms with Gasteiger partial charge in [0.05, 0.1) is 10.7 Å². The van der Waals surface area contributed by atoms with Crippen LogP contribution in [0.4, 0.5) is 10.1 Å². The first-order valence-corrected chi connectivity index (χ1v) is 7.12. The molecule has 1 unspecified atom stereocenters. The lowest BCUT2D eigenvalue weighted by molar-refractivity contribution is 0.171. The van der Waals surface area contributed by atoms with Gasteiger partial charge in [0.25, 0.3) is 0 Å². The van der Waals surface area contributed by atoms with E-state index in [2.05, 4.69) is 5.32 Å². The van der Waals surface area contributed by atoms with E-state index in [1.54, 1.807) is 0 Å². The van der Waals surface area contributed by atoms with Gasteiger partial charge in [0, 0.05) is 6.04 Å². The summed E-state index contributed by atoms with van der Waals surface area (Å²) in [6.45, 7) is 3.10. The van der Waals surface area contributed by atoms with Crippen molar-refractivity contribution in [1.29, 1.82) is 0 Å². The molecule has 0 aromatic heterocycles. The number of rotatable bonds is 3. The second kappa shape index (κ2) is 5.82. The van der Waals surface area contributed by atoms with Crippen LogP contribution in [-0.4, -0.2) is 13.2 Å². The molecule has 0 saturated carbocycles. The maximum absolute atomic E-state index is 13.3. The van der Waals surface area contributed by atoms with Crippen LogP contribution < -0.4 is 14.8 Å². The summed E-state index contributed by atoms with van der Waals surface area (Å²) in [6.07, 6.45) is 0. The van der Waals surface area contributed by atoms with E-state index >= 15 is 0 Å². The fourth-order valence-electron chi connectivity index (χ4n) is 2.25. The molecule has 1 aliphatic heterocycles. The SMILES string of the molecule is CC(Nc1cc(F)ccc1Cl)c1ccc2c(c1)OCCO2. The molecule has 1 atom stereocenters. The average Bonchev–Trinajstić information content (AvgIpc) is 2.50. The van der Waals surface area contributed by atoms with E-state index < -0.39 is 0 Å². The fraction of sp³-hybridized carbons (Fsp3) is 0.250. The normalized spacial score (nSPS) is 14.6. The van der Waals surface area contributed by atoms with Gasteiger partial charge in [0.2, 0.25) is 0 Å². The van der Waals surface area contributed by atoms with Gasteiger partial charge in [-0.1, -0.05) is 17.7 Å². The Hall–Kier alpha value is -1.94. The fourth-order valence-corrected chi connectivity index (χ4v) is 2.43. The largest absolute Gasteiger partial charge is 0.486 e. The van der Waals surface area contributed by atoms with Gasteiger partial charge < -0.3 is 14.8 Å². The zero-order valence-corrected chi connectivity index (χ0v) is 12.3. The first kappa shape index (κ1) is 14.0. The lowest BCUT2D eigenvalue weighted by Crippen LogP contribution is -2.16. The highest BCUT2D eigenvalue weighted by atomic mass is 35.5. The Morgan fingerprint density at radius 1 is 1.10 bits per heavy atom. The van der Waals surface area contributed by atoms with E-state index in [0.29, 0.717) is 23.9 Å². The predicted octanol–water partition coefficient (Wildman–Crippen LogP) is 4.42. The van der Waals surface area contributed by atoms with Crippen LogP contribution in [0, 0.1) is 5.82 Å². The molecule has 0 amide bonds. The molecule has 3 nitrogen and oxygen atoms in total. The molecule has 2 aromatic carbocycles. The topological polar surface area (TPSA) is 30.5 Å². The number of anilines is 1. The van der Waals surface area contributed by atoms with Crippen molar-refractivity contribution in [1.82, 2.24) is 0 Å². The molecule has 0 aliphatic carbocycles. The lowest BCUT2D eigenvalue weighted by atomic mass is 10.1. The average molecular weight is 308 g/mol. The van der Waals surface area contributed by atoms with Gasteiger partial charge >= 0.3 is 0 Å². The summed E-state index contributed by atoms with van der Waals surface area (Å²) in [4.78, 5) is 0. The van der Waals surface area contributed by atoms with Gasteiger partial charge in [-0.2, -0.15) is 0 Å². The summed E-state index contributed by atoms with van der Waals surface area (Å²) < 4.78 is 24.4. The quantitative estimate of drug-likeness (QED) is 0.910. The molecular weight excluding hydrogens is 293 g/mol. The molecule has 1 heterocycles. The van der Waals surface area contributed by atoms with E-state index in [0.717, 1.165) is 17.1 Å². The van der Waals surface area contributed by atoms with E-state index in [4.69, 9.17) is 21.1 Å². The van der Waals surface area contributed by atoms with Crippen molar-refractivity contribution in [3.63, 3.8) is 0 Å². The standard InChI is InChI=1S/C16H15ClFNO2/c1-10(19-14-9-12(18)3-4-13(14)17)11-2-5-15-16(8-11)21-7-6-20-15/h2-5,8-10,19H,6-7H2,1H3. The van der Waals surface area contributed by atoms with Crippen LogP contribution in [0.25, 0.3) is 0 Å². The number of hydrogen-bond donors (Lipinski definition) is 1. The third-order valence-electron chi connectivity index (χ3n) is 3.37. The Morgan fingerprint density at radius 3 is 2.67 bits per heavy atom. The summed E-state index contributed by atoms with van der Waals surface area (Å²) in [5.74, 6) is 1.16. The van der Waals surface area contributed by atoms with Crippen LogP contribution in [0.3, 0.4) is 0 Å². The Labute approximate surface area is 127 Å². The predicted molar refractivity (Wildman–Crippen MR) is 80.9 cm³/mol. The van der Waals surface area contributed by atoms with Gasteiger partial charge in [-0.25, -0.2) is 4.39 Å². The van der Waals surface area contributed by atoms with Gasteiger partial charge in [-0.05, 0) is 42.8 Å². The summed E-state index contributed by atoms with van der Waals surface area (Å²) in [7, 11) is 0. The minimum absolute atomic E-state index is 0.0415. The molecule has 21 heavy (non-hydrogen) atoms. The molecule has 0 fully saturated rings. The smallest absolute Gasteiger partial charge is 0.161 e. The second-order valence-electron chi connectivity index (χ2n) is 4.89. The zero-order valence-electron chi connectivity index (χ0n) is 11.5. The number of benzene rings is 2. The van der Waals surface area contributed by atoms with Crippen LogP contribution >= 0.6 is 11.6 Å². The summed E-state index contributed by atoms with van der Waals surface area (Å²) in [6, 6.07) is 9.99. The van der Waals surface area contributed by atoms with Crippen molar-refractivity contribution < 1.29 is 13.9 Å². The molecule has 0 radical (unpaired) electrons. The number of fused-ring (bicyclic) bond motifs is 1. The third kappa shape index (κ3) is 3.05. The second-order valence-corrected chi connectivity index (χ2v) is 5.30. The number of ether oxygens (including phenoxy) is 2. The lowest BCUT2D eigenvalue weighted by Gasteiger charge is -2.22. The van der Waals surface area contributed by atoms with Crippen molar-refractivity contribution in [2.24, 2.45) is 0 Å². The molecule has 3 rings (SSSR count). The van der Waals surface area contributed by atoms with E-state index in [-0.39, 0.29) is 11.9 Å². The van der Waals surface area contributed by atoms with Crippen LogP contribution in [0.1, 0.15) is 18.5 Å². The van der Waals surface area contributed by atoms with Crippen LogP contribution in [-0.2, 0) is 0 Å². The van der Waals surface area contributed by atoms with Crippen LogP contribution in [0.5, 0.6) is 11.5 Å². The Kier molecular flexibility index (Phi) is 3.88. The maximum Gasteiger partial charge on any atom is 0.161 e. The number of nitrogens with one attached hydrogen (secondary N) is 1. The van der Waals surface area contributed by atoms with Gasteiger partial charge in [0.15, 0.2) is 11.5 Å². The van der Waals surface area contributed by atoms with E-state index in [9.17, 15) is 4.39 Å². The highest BCUT2D eigenvalue weighted by molar-refractivity contribution is 6.33. The minimum Gasteiger partial charge on any atom is -0.486 e. The Bertz CT molecular complexity index is 663. The van der Waals surface area contributed by atoms with Gasteiger partial charge in [0.1, 0.15) is 19.0 Å². The highest BCUT2D eigenvalue weighted by Crippen LogP contribution is 2.34. The molecule has 5 heteroatoms. The molecule has 0 bridgehead atoms. The highest BCUT2D eigenvalue weighted by Gasteiger charge is 2.15. The van der Waals surface area contributed by atoms with E-state index in [1.807, 2.05) is 25.1 Å². The first-order valence-electron chi connectivity index (χ1n) is 6.74. The van der Waals surface area contributed by atoms with Crippen molar-refractivity contribution in [2.75, 3.05) is 18.5 Å². The summed E-state index contributed by atoms with van der Waals surface area (Å²) >= 11 is 6.07. The molecule has 1 aliphatic rings. The van der Waals surface area contributed by atoms with Crippen molar-refractivity contribution >= 4 is 17.3 Å². The van der Waals surface area contributed by atoms with Crippen molar-refractivity contribution in [3.8, 4) is 11.5 Å². The summed E-state index contributed by atoms with van der Waals surface area (Å²) in [5.41, 5.74) is 1.58. The summed E-state index contributed by atoms with van der Waals surface area (Å²) in [5, 5.41) is 3.69. The van der Waals surface area contributed by atoms with Gasteiger partial charge in [-0.3, -0.25) is 0 Å². The first-order chi connectivity index (χ1) is 10.1. The molecule has 110 valence electrons. The Balaban J connectivity index is 1.82. The van der Waals surface area contributed by atoms with Crippen molar-refractivity contribution in [3.05, 3.63) is 52.8 Å². The molecule has 0 saturated heterocycles. The number of halogens is 2. The van der Waals surface area contributed by atoms with Crippen molar-refractivity contribution in [2.45, 2.75) is 13.0 Å². The van der Waals surface area contributed by atoms with Crippen LogP contribution in [0.15, 0.2) is 36.4 Å². The minimum atomic E-state index is -0.323. The third-order valence-corrected chi connectivity index (χ3v) is 3.70. The van der Waals surface area contributed by atoms with E-state index in [1.165, 1.54) is 18.2 Å². The van der Waals surface area contributed by atoms with Crippen LogP contribution in [0.2, 0.25) is 5.02 Å². The zero-order chi connectivity index (χ0) is 14.8. The Morgan fingerprint density at radius 2 is 1.86 bits per heavy atom. The molecular formula is C16H15ClFNO2. The monoisotopic (exact) mass is 307 g/mol. The number of hydrogen-bond acceptors (Lipinski definition) is 3. The van der Waals surface area contributed by atoms with Gasteiger partial charge in [-0.15, -0.1) is 0 Å². The maximum atomic E-state index is 13.3. The molecule has 0 spiro atoms. The molecule has 2 aromatic rings.